The molecule has 2 atom stereocenters. The number of thioether (sulfide) groups is 1. The summed E-state index contributed by atoms with van der Waals surface area (Å²) in [6.45, 7) is 8.54. The van der Waals surface area contributed by atoms with Crippen LogP contribution in [0.2, 0.25) is 0 Å². The molecule has 5 heteroatoms. The second kappa shape index (κ2) is 7.07. The number of aromatic nitrogens is 2. The largest absolute Gasteiger partial charge is 0.394 e. The average Bonchev–Trinajstić information content (AvgIpc) is 2.28. The zero-order chi connectivity index (χ0) is 13.6. The number of rotatable bonds is 7. The zero-order valence-electron chi connectivity index (χ0n) is 11.6. The van der Waals surface area contributed by atoms with E-state index in [1.54, 1.807) is 24.3 Å². The summed E-state index contributed by atoms with van der Waals surface area (Å²) >= 11 is 1.71. The molecule has 0 fully saturated rings. The molecule has 0 spiro atoms. The Morgan fingerprint density at radius 3 is 2.67 bits per heavy atom. The molecule has 0 saturated carbocycles. The number of aliphatic hydroxyl groups is 1. The monoisotopic (exact) mass is 269 g/mol. The molecule has 0 aliphatic carbocycles. The van der Waals surface area contributed by atoms with Crippen LogP contribution >= 0.6 is 11.8 Å². The molecule has 18 heavy (non-hydrogen) atoms. The average molecular weight is 269 g/mol. The van der Waals surface area contributed by atoms with Gasteiger partial charge in [-0.25, -0.2) is 9.97 Å². The standard InChI is InChI=1S/C13H23N3OS/c1-10(2)16-13(4,8-17)7-11(3)18-12-5-6-14-9-15-12/h5-6,9-11,16-17H,7-8H2,1-4H3. The molecule has 2 unspecified atom stereocenters. The molecular weight excluding hydrogens is 246 g/mol. The fourth-order valence-electron chi connectivity index (χ4n) is 2.10. The van der Waals surface area contributed by atoms with Crippen molar-refractivity contribution < 1.29 is 5.11 Å². The Labute approximate surface area is 114 Å². The van der Waals surface area contributed by atoms with Crippen LogP contribution in [-0.2, 0) is 0 Å². The maximum atomic E-state index is 9.55. The van der Waals surface area contributed by atoms with Crippen LogP contribution < -0.4 is 5.32 Å². The summed E-state index contributed by atoms with van der Waals surface area (Å²) < 4.78 is 0. The van der Waals surface area contributed by atoms with Gasteiger partial charge in [0.2, 0.25) is 0 Å². The minimum atomic E-state index is -0.242. The van der Waals surface area contributed by atoms with Gasteiger partial charge < -0.3 is 10.4 Å². The Kier molecular flexibility index (Phi) is 6.05. The Bertz CT molecular complexity index is 347. The summed E-state index contributed by atoms with van der Waals surface area (Å²) in [6.07, 6.45) is 4.20. The van der Waals surface area contributed by atoms with Crippen molar-refractivity contribution in [3.63, 3.8) is 0 Å². The molecular formula is C13H23N3OS. The normalized spacial score (nSPS) is 16.6. The predicted molar refractivity (Wildman–Crippen MR) is 75.7 cm³/mol. The molecule has 1 aromatic rings. The summed E-state index contributed by atoms with van der Waals surface area (Å²) in [5.41, 5.74) is -0.242. The van der Waals surface area contributed by atoms with Gasteiger partial charge in [0.15, 0.2) is 0 Å². The molecule has 1 heterocycles. The molecule has 0 aromatic carbocycles. The van der Waals surface area contributed by atoms with Gasteiger partial charge in [-0.05, 0) is 19.4 Å². The summed E-state index contributed by atoms with van der Waals surface area (Å²) in [6, 6.07) is 2.27. The van der Waals surface area contributed by atoms with Gasteiger partial charge in [0.05, 0.1) is 11.6 Å². The van der Waals surface area contributed by atoms with Gasteiger partial charge in [-0.15, -0.1) is 11.8 Å². The molecule has 0 bridgehead atoms. The third kappa shape index (κ3) is 5.33. The summed E-state index contributed by atoms with van der Waals surface area (Å²) in [7, 11) is 0. The number of hydrogen-bond acceptors (Lipinski definition) is 5. The lowest BCUT2D eigenvalue weighted by molar-refractivity contribution is 0.157. The maximum Gasteiger partial charge on any atom is 0.116 e. The Morgan fingerprint density at radius 1 is 1.44 bits per heavy atom. The van der Waals surface area contributed by atoms with E-state index in [0.717, 1.165) is 11.4 Å². The van der Waals surface area contributed by atoms with Crippen LogP contribution in [0.15, 0.2) is 23.6 Å². The van der Waals surface area contributed by atoms with Crippen LogP contribution in [0.4, 0.5) is 0 Å². The first kappa shape index (κ1) is 15.4. The Morgan fingerprint density at radius 2 is 2.17 bits per heavy atom. The zero-order valence-corrected chi connectivity index (χ0v) is 12.4. The third-order valence-corrected chi connectivity index (χ3v) is 3.65. The molecule has 0 aliphatic heterocycles. The number of aliphatic hydroxyl groups excluding tert-OH is 1. The second-order valence-electron chi connectivity index (χ2n) is 5.20. The highest BCUT2D eigenvalue weighted by atomic mass is 32.2. The topological polar surface area (TPSA) is 58.0 Å². The van der Waals surface area contributed by atoms with Crippen LogP contribution in [0.25, 0.3) is 0 Å². The van der Waals surface area contributed by atoms with Gasteiger partial charge in [0.25, 0.3) is 0 Å². The minimum absolute atomic E-state index is 0.139. The van der Waals surface area contributed by atoms with E-state index in [1.807, 2.05) is 6.07 Å². The summed E-state index contributed by atoms with van der Waals surface area (Å²) in [4.78, 5) is 8.11. The van der Waals surface area contributed by atoms with Crippen molar-refractivity contribution in [1.82, 2.24) is 15.3 Å². The quantitative estimate of drug-likeness (QED) is 0.586. The van der Waals surface area contributed by atoms with Crippen molar-refractivity contribution in [1.29, 1.82) is 0 Å². The first-order valence-corrected chi connectivity index (χ1v) is 7.14. The van der Waals surface area contributed by atoms with Crippen molar-refractivity contribution in [2.45, 2.75) is 56.0 Å². The SMILES string of the molecule is CC(C)NC(C)(CO)CC(C)Sc1ccncn1. The van der Waals surface area contributed by atoms with E-state index < -0.39 is 0 Å². The van der Waals surface area contributed by atoms with E-state index in [1.165, 1.54) is 0 Å². The van der Waals surface area contributed by atoms with E-state index >= 15 is 0 Å². The smallest absolute Gasteiger partial charge is 0.116 e. The van der Waals surface area contributed by atoms with Crippen LogP contribution in [0.1, 0.15) is 34.1 Å². The van der Waals surface area contributed by atoms with Gasteiger partial charge in [-0.3, -0.25) is 0 Å². The van der Waals surface area contributed by atoms with Gasteiger partial charge in [-0.2, -0.15) is 0 Å². The van der Waals surface area contributed by atoms with Crippen LogP contribution in [0.5, 0.6) is 0 Å². The Hall–Kier alpha value is -0.650. The molecule has 0 aliphatic rings. The van der Waals surface area contributed by atoms with E-state index in [4.69, 9.17) is 0 Å². The predicted octanol–water partition coefficient (Wildman–Crippen LogP) is 2.10. The van der Waals surface area contributed by atoms with Gasteiger partial charge in [0.1, 0.15) is 6.33 Å². The lowest BCUT2D eigenvalue weighted by Gasteiger charge is -2.33. The van der Waals surface area contributed by atoms with Gasteiger partial charge in [-0.1, -0.05) is 20.8 Å². The second-order valence-corrected chi connectivity index (χ2v) is 6.66. The molecule has 1 rings (SSSR count). The lowest BCUT2D eigenvalue weighted by atomic mass is 9.96. The van der Waals surface area contributed by atoms with Gasteiger partial charge >= 0.3 is 0 Å². The van der Waals surface area contributed by atoms with E-state index in [0.29, 0.717) is 11.3 Å². The maximum absolute atomic E-state index is 9.55. The van der Waals surface area contributed by atoms with Crippen LogP contribution in [0, 0.1) is 0 Å². The fraction of sp³-hybridized carbons (Fsp3) is 0.692. The fourth-order valence-corrected chi connectivity index (χ4v) is 3.21. The van der Waals surface area contributed by atoms with E-state index in [9.17, 15) is 5.11 Å². The lowest BCUT2D eigenvalue weighted by Crippen LogP contribution is -2.50. The number of hydrogen-bond donors (Lipinski definition) is 2. The minimum Gasteiger partial charge on any atom is -0.394 e. The number of nitrogens with one attached hydrogen (secondary N) is 1. The summed E-state index contributed by atoms with van der Waals surface area (Å²) in [5, 5.41) is 14.3. The number of nitrogens with zero attached hydrogens (tertiary/aromatic N) is 2. The van der Waals surface area contributed by atoms with Crippen molar-refractivity contribution >= 4 is 11.8 Å². The van der Waals surface area contributed by atoms with E-state index in [-0.39, 0.29) is 12.1 Å². The molecule has 0 amide bonds. The highest BCUT2D eigenvalue weighted by Crippen LogP contribution is 2.27. The van der Waals surface area contributed by atoms with E-state index in [2.05, 4.69) is 43.0 Å². The first-order chi connectivity index (χ1) is 8.45. The van der Waals surface area contributed by atoms with Crippen molar-refractivity contribution in [3.8, 4) is 0 Å². The van der Waals surface area contributed by atoms with Crippen molar-refractivity contribution in [3.05, 3.63) is 18.6 Å². The van der Waals surface area contributed by atoms with Crippen LogP contribution in [0.3, 0.4) is 0 Å². The van der Waals surface area contributed by atoms with Crippen molar-refractivity contribution in [2.24, 2.45) is 0 Å². The molecule has 0 saturated heterocycles. The third-order valence-electron chi connectivity index (χ3n) is 2.60. The van der Waals surface area contributed by atoms with Gasteiger partial charge in [0, 0.05) is 23.0 Å². The first-order valence-electron chi connectivity index (χ1n) is 6.26. The molecule has 1 aromatic heterocycles. The molecule has 2 N–H and O–H groups in total. The van der Waals surface area contributed by atoms with Crippen LogP contribution in [-0.4, -0.2) is 38.5 Å². The molecule has 4 nitrogen and oxygen atoms in total. The molecule has 0 radical (unpaired) electrons. The summed E-state index contributed by atoms with van der Waals surface area (Å²) in [5.74, 6) is 0. The molecule has 102 valence electrons. The van der Waals surface area contributed by atoms with Crippen molar-refractivity contribution in [2.75, 3.05) is 6.61 Å². The highest BCUT2D eigenvalue weighted by Gasteiger charge is 2.26. The Balaban J connectivity index is 2.54. The highest BCUT2D eigenvalue weighted by molar-refractivity contribution is 7.99.